The molecule has 1 aromatic heterocycles. The van der Waals surface area contributed by atoms with E-state index in [1.54, 1.807) is 30.3 Å². The number of rotatable bonds is 8. The Labute approximate surface area is 209 Å². The minimum Gasteiger partial charge on any atom is -0.497 e. The third-order valence-electron chi connectivity index (χ3n) is 5.62. The van der Waals surface area contributed by atoms with Gasteiger partial charge in [-0.15, -0.1) is 0 Å². The van der Waals surface area contributed by atoms with Gasteiger partial charge in [-0.25, -0.2) is 14.4 Å². The van der Waals surface area contributed by atoms with E-state index in [1.165, 1.54) is 38.3 Å². The molecule has 4 aromatic rings. The zero-order valence-electron chi connectivity index (χ0n) is 19.9. The van der Waals surface area contributed by atoms with Crippen LogP contribution in [0.5, 0.6) is 5.75 Å². The van der Waals surface area contributed by atoms with Crippen molar-refractivity contribution < 1.29 is 33.1 Å². The summed E-state index contributed by atoms with van der Waals surface area (Å²) in [5.41, 5.74) is 0.156. The number of carbonyl (C=O) groups is 2. The Morgan fingerprint density at radius 3 is 2.51 bits per heavy atom. The largest absolute Gasteiger partial charge is 0.497 e. The monoisotopic (exact) mass is 506 g/mol. The number of benzene rings is 3. The molecule has 0 radical (unpaired) electrons. The van der Waals surface area contributed by atoms with Gasteiger partial charge < -0.3 is 23.9 Å². The lowest BCUT2D eigenvalue weighted by Gasteiger charge is -2.15. The molecule has 190 valence electrons. The van der Waals surface area contributed by atoms with Crippen LogP contribution in [0.4, 0.5) is 10.5 Å². The standard InChI is InChI=1S/C26H22N2O9/c1-15(27-26(31)36-13-17-5-3-4-6-21(17)28(32)33)25(30)35-14-18-11-23(29)37-22-10-8-16-7-9-19(34-2)12-20(16)24(18)22/h3-12,15H,13-14H2,1-2H3,(H,27,31)/t15-/m0/s1. The maximum Gasteiger partial charge on any atom is 0.408 e. The lowest BCUT2D eigenvalue weighted by molar-refractivity contribution is -0.385. The van der Waals surface area contributed by atoms with E-state index in [9.17, 15) is 24.5 Å². The molecule has 11 nitrogen and oxygen atoms in total. The van der Waals surface area contributed by atoms with Crippen LogP contribution in [-0.4, -0.2) is 30.1 Å². The Morgan fingerprint density at radius 2 is 1.76 bits per heavy atom. The quantitative estimate of drug-likeness (QED) is 0.122. The van der Waals surface area contributed by atoms with Crippen molar-refractivity contribution in [2.45, 2.75) is 26.2 Å². The summed E-state index contributed by atoms with van der Waals surface area (Å²) >= 11 is 0. The van der Waals surface area contributed by atoms with Gasteiger partial charge >= 0.3 is 17.7 Å². The molecule has 3 aromatic carbocycles. The Balaban J connectivity index is 1.44. The molecule has 1 atom stereocenters. The summed E-state index contributed by atoms with van der Waals surface area (Å²) in [6, 6.07) is 14.9. The van der Waals surface area contributed by atoms with E-state index in [4.69, 9.17) is 18.6 Å². The van der Waals surface area contributed by atoms with Gasteiger partial charge in [0.25, 0.3) is 5.69 Å². The molecular formula is C26H22N2O9. The second-order valence-corrected chi connectivity index (χ2v) is 8.05. The number of nitrogens with zero attached hydrogens (tertiary/aromatic N) is 1. The summed E-state index contributed by atoms with van der Waals surface area (Å²) in [5, 5.41) is 15.6. The van der Waals surface area contributed by atoms with Crippen molar-refractivity contribution in [3.05, 3.63) is 92.3 Å². The number of nitro benzene ring substituents is 1. The first-order valence-electron chi connectivity index (χ1n) is 11.1. The molecular weight excluding hydrogens is 484 g/mol. The number of amides is 1. The number of fused-ring (bicyclic) bond motifs is 3. The molecule has 0 aliphatic carbocycles. The van der Waals surface area contributed by atoms with Gasteiger partial charge in [0.1, 0.15) is 30.6 Å². The molecule has 0 saturated heterocycles. The van der Waals surface area contributed by atoms with Gasteiger partial charge in [0.15, 0.2) is 0 Å². The van der Waals surface area contributed by atoms with Gasteiger partial charge in [-0.2, -0.15) is 0 Å². The van der Waals surface area contributed by atoms with Crippen LogP contribution in [0, 0.1) is 10.1 Å². The highest BCUT2D eigenvalue weighted by molar-refractivity contribution is 6.07. The molecule has 0 bridgehead atoms. The Morgan fingerprint density at radius 1 is 1.03 bits per heavy atom. The number of nitrogens with one attached hydrogen (secondary N) is 1. The van der Waals surface area contributed by atoms with Crippen molar-refractivity contribution in [2.24, 2.45) is 0 Å². The van der Waals surface area contributed by atoms with E-state index in [0.29, 0.717) is 22.3 Å². The Bertz CT molecular complexity index is 1560. The van der Waals surface area contributed by atoms with Gasteiger partial charge in [0, 0.05) is 23.1 Å². The number of nitro groups is 1. The van der Waals surface area contributed by atoms with Gasteiger partial charge in [-0.3, -0.25) is 10.1 Å². The lowest BCUT2D eigenvalue weighted by atomic mass is 10.0. The van der Waals surface area contributed by atoms with Crippen molar-refractivity contribution in [3.63, 3.8) is 0 Å². The molecule has 11 heteroatoms. The van der Waals surface area contributed by atoms with Crippen LogP contribution in [0.3, 0.4) is 0 Å². The summed E-state index contributed by atoms with van der Waals surface area (Å²) in [7, 11) is 1.54. The van der Waals surface area contributed by atoms with Crippen molar-refractivity contribution in [3.8, 4) is 5.75 Å². The van der Waals surface area contributed by atoms with E-state index in [0.717, 1.165) is 10.8 Å². The highest BCUT2D eigenvalue weighted by Crippen LogP contribution is 2.30. The van der Waals surface area contributed by atoms with Crippen molar-refractivity contribution in [1.29, 1.82) is 0 Å². The minimum atomic E-state index is -1.10. The van der Waals surface area contributed by atoms with Gasteiger partial charge in [-0.05, 0) is 42.0 Å². The van der Waals surface area contributed by atoms with E-state index < -0.39 is 28.7 Å². The fourth-order valence-corrected chi connectivity index (χ4v) is 3.79. The predicted octanol–water partition coefficient (Wildman–Crippen LogP) is 4.22. The van der Waals surface area contributed by atoms with Gasteiger partial charge in [0.2, 0.25) is 0 Å². The molecule has 1 amide bonds. The maximum atomic E-state index is 12.6. The average Bonchev–Trinajstić information content (AvgIpc) is 2.89. The van der Waals surface area contributed by atoms with Crippen LogP contribution in [0.25, 0.3) is 21.7 Å². The summed E-state index contributed by atoms with van der Waals surface area (Å²) in [6.45, 7) is 0.786. The molecule has 1 N–H and O–H groups in total. The number of para-hydroxylation sites is 1. The zero-order valence-corrected chi connectivity index (χ0v) is 19.9. The Kier molecular flexibility index (Phi) is 7.33. The lowest BCUT2D eigenvalue weighted by Crippen LogP contribution is -2.39. The van der Waals surface area contributed by atoms with E-state index in [1.807, 2.05) is 6.07 Å². The number of ether oxygens (including phenoxy) is 3. The normalized spacial score (nSPS) is 11.6. The molecule has 4 rings (SSSR count). The highest BCUT2D eigenvalue weighted by atomic mass is 16.6. The third-order valence-corrected chi connectivity index (χ3v) is 5.62. The number of hydrogen-bond acceptors (Lipinski definition) is 9. The van der Waals surface area contributed by atoms with Crippen LogP contribution < -0.4 is 15.7 Å². The van der Waals surface area contributed by atoms with Crippen molar-refractivity contribution >= 4 is 39.5 Å². The number of hydrogen-bond donors (Lipinski definition) is 1. The molecule has 1 heterocycles. The number of alkyl carbamates (subject to hydrolysis) is 1. The number of carbonyl (C=O) groups excluding carboxylic acids is 2. The van der Waals surface area contributed by atoms with Crippen LogP contribution >= 0.6 is 0 Å². The zero-order chi connectivity index (χ0) is 26.5. The summed E-state index contributed by atoms with van der Waals surface area (Å²) in [4.78, 5) is 47.3. The smallest absolute Gasteiger partial charge is 0.408 e. The minimum absolute atomic E-state index is 0.188. The number of methoxy groups -OCH3 is 1. The van der Waals surface area contributed by atoms with Crippen molar-refractivity contribution in [1.82, 2.24) is 5.32 Å². The molecule has 0 aliphatic rings. The van der Waals surface area contributed by atoms with Crippen LogP contribution in [-0.2, 0) is 27.5 Å². The van der Waals surface area contributed by atoms with Crippen LogP contribution in [0.1, 0.15) is 18.1 Å². The highest BCUT2D eigenvalue weighted by Gasteiger charge is 2.20. The van der Waals surface area contributed by atoms with Gasteiger partial charge in [-0.1, -0.05) is 24.3 Å². The maximum absolute atomic E-state index is 12.6. The third kappa shape index (κ3) is 5.67. The molecule has 0 saturated carbocycles. The first-order valence-corrected chi connectivity index (χ1v) is 11.1. The second-order valence-electron chi connectivity index (χ2n) is 8.05. The summed E-state index contributed by atoms with van der Waals surface area (Å²) < 4.78 is 21.0. The van der Waals surface area contributed by atoms with Crippen LogP contribution in [0.2, 0.25) is 0 Å². The fraction of sp³-hybridized carbons (Fsp3) is 0.192. The predicted molar refractivity (Wildman–Crippen MR) is 132 cm³/mol. The van der Waals surface area contributed by atoms with Crippen molar-refractivity contribution in [2.75, 3.05) is 7.11 Å². The molecule has 0 fully saturated rings. The van der Waals surface area contributed by atoms with E-state index >= 15 is 0 Å². The molecule has 0 aliphatic heterocycles. The topological polar surface area (TPSA) is 147 Å². The molecule has 0 unspecified atom stereocenters. The van der Waals surface area contributed by atoms with E-state index in [2.05, 4.69) is 5.32 Å². The van der Waals surface area contributed by atoms with Crippen LogP contribution in [0.15, 0.2) is 69.9 Å². The average molecular weight is 506 g/mol. The SMILES string of the molecule is COc1ccc2ccc3oc(=O)cc(COC(=O)[C@H](C)NC(=O)OCc4ccccc4[N+](=O)[O-])c3c2c1. The summed E-state index contributed by atoms with van der Waals surface area (Å²) in [6.07, 6.45) is -0.952. The van der Waals surface area contributed by atoms with E-state index in [-0.39, 0.29) is 24.5 Å². The second kappa shape index (κ2) is 10.8. The summed E-state index contributed by atoms with van der Waals surface area (Å²) in [5.74, 6) is -0.173. The first-order chi connectivity index (χ1) is 17.8. The fourth-order valence-electron chi connectivity index (χ4n) is 3.79. The molecule has 0 spiro atoms. The van der Waals surface area contributed by atoms with Gasteiger partial charge in [0.05, 0.1) is 17.6 Å². The Hall–Kier alpha value is -4.93. The number of esters is 1. The first kappa shape index (κ1) is 25.2. The molecule has 37 heavy (non-hydrogen) atoms.